The van der Waals surface area contributed by atoms with Crippen LogP contribution in [-0.4, -0.2) is 57.2 Å². The number of amides is 1. The van der Waals surface area contributed by atoms with Crippen molar-refractivity contribution in [3.63, 3.8) is 0 Å². The van der Waals surface area contributed by atoms with E-state index in [0.717, 1.165) is 23.7 Å². The molecule has 0 saturated heterocycles. The smallest absolute Gasteiger partial charge is 0.261 e. The number of thiazole rings is 1. The number of rotatable bonds is 8. The zero-order valence-electron chi connectivity index (χ0n) is 17.6. The van der Waals surface area contributed by atoms with Crippen LogP contribution in [0, 0.1) is 5.82 Å². The minimum Gasteiger partial charge on any atom is -0.495 e. The van der Waals surface area contributed by atoms with Gasteiger partial charge in [0.1, 0.15) is 27.5 Å². The average Bonchev–Trinajstić information content (AvgIpc) is 3.14. The first kappa shape index (κ1) is 25.1. The fraction of sp³-hybridized carbons (Fsp3) is 0.333. The molecule has 1 amide bonds. The molecule has 3 rings (SSSR count). The number of halogens is 3. The molecule has 31 heavy (non-hydrogen) atoms. The summed E-state index contributed by atoms with van der Waals surface area (Å²) >= 11 is 7.50. The first-order chi connectivity index (χ1) is 14.3. The summed E-state index contributed by atoms with van der Waals surface area (Å²) in [7, 11) is 7.09. The summed E-state index contributed by atoms with van der Waals surface area (Å²) in [5.41, 5.74) is 0.841. The third-order valence-corrected chi connectivity index (χ3v) is 5.93. The summed E-state index contributed by atoms with van der Waals surface area (Å²) in [5, 5.41) is 0.561. The van der Waals surface area contributed by atoms with Crippen molar-refractivity contribution in [1.82, 2.24) is 9.88 Å². The molecule has 0 aliphatic rings. The molecule has 0 N–H and O–H groups in total. The van der Waals surface area contributed by atoms with E-state index < -0.39 is 5.82 Å². The highest BCUT2D eigenvalue weighted by Gasteiger charge is 2.25. The second kappa shape index (κ2) is 10.9. The van der Waals surface area contributed by atoms with E-state index in [-0.39, 0.29) is 28.9 Å². The van der Waals surface area contributed by atoms with Crippen LogP contribution in [0.1, 0.15) is 16.8 Å². The number of carbonyl (C=O) groups excluding carboxylic acids is 1. The number of methoxy groups -OCH3 is 2. The molecule has 0 atom stereocenters. The highest BCUT2D eigenvalue weighted by atomic mass is 35.5. The van der Waals surface area contributed by atoms with Crippen molar-refractivity contribution in [1.29, 1.82) is 0 Å². The van der Waals surface area contributed by atoms with E-state index in [1.54, 1.807) is 31.3 Å². The molecule has 2 aromatic carbocycles. The summed E-state index contributed by atoms with van der Waals surface area (Å²) in [4.78, 5) is 21.6. The van der Waals surface area contributed by atoms with Crippen LogP contribution >= 0.6 is 35.3 Å². The molecule has 1 aromatic heterocycles. The number of hydrogen-bond donors (Lipinski definition) is 0. The summed E-state index contributed by atoms with van der Waals surface area (Å²) in [6.07, 6.45) is 0.724. The van der Waals surface area contributed by atoms with Crippen molar-refractivity contribution in [3.05, 3.63) is 46.7 Å². The molecule has 0 bridgehead atoms. The van der Waals surface area contributed by atoms with Gasteiger partial charge in [-0.2, -0.15) is 0 Å². The molecule has 0 spiro atoms. The van der Waals surface area contributed by atoms with Crippen molar-refractivity contribution < 1.29 is 18.7 Å². The number of hydrogen-bond acceptors (Lipinski definition) is 6. The maximum absolute atomic E-state index is 13.5. The van der Waals surface area contributed by atoms with E-state index in [1.807, 2.05) is 19.0 Å². The Hall–Kier alpha value is -2.13. The van der Waals surface area contributed by atoms with E-state index in [0.29, 0.717) is 28.7 Å². The first-order valence-electron chi connectivity index (χ1n) is 9.29. The van der Waals surface area contributed by atoms with Crippen LogP contribution in [0.2, 0.25) is 5.02 Å². The van der Waals surface area contributed by atoms with E-state index in [2.05, 4.69) is 4.98 Å². The average molecular weight is 488 g/mol. The minimum atomic E-state index is -0.495. The molecule has 168 valence electrons. The third kappa shape index (κ3) is 5.57. The number of aromatic nitrogens is 1. The zero-order chi connectivity index (χ0) is 21.8. The second-order valence-corrected chi connectivity index (χ2v) is 8.27. The van der Waals surface area contributed by atoms with Crippen LogP contribution in [0.25, 0.3) is 10.2 Å². The van der Waals surface area contributed by atoms with Gasteiger partial charge in [-0.15, -0.1) is 12.4 Å². The van der Waals surface area contributed by atoms with Gasteiger partial charge in [-0.05, 0) is 57.4 Å². The SMILES string of the molecule is COc1ccc(OC)c2sc(N(CCCN(C)C)C(=O)c3ccc(F)cc3Cl)nc12.Cl. The van der Waals surface area contributed by atoms with Crippen LogP contribution < -0.4 is 14.4 Å². The number of benzene rings is 2. The molecule has 1 heterocycles. The first-order valence-corrected chi connectivity index (χ1v) is 10.5. The topological polar surface area (TPSA) is 54.9 Å². The van der Waals surface area contributed by atoms with Crippen LogP contribution in [0.5, 0.6) is 11.5 Å². The maximum Gasteiger partial charge on any atom is 0.261 e. The van der Waals surface area contributed by atoms with Crippen molar-refractivity contribution in [3.8, 4) is 11.5 Å². The zero-order valence-corrected chi connectivity index (χ0v) is 20.0. The molecule has 0 saturated carbocycles. The second-order valence-electron chi connectivity index (χ2n) is 6.88. The molecule has 0 aliphatic heterocycles. The Kier molecular flexibility index (Phi) is 8.88. The number of ether oxygens (including phenoxy) is 2. The van der Waals surface area contributed by atoms with Crippen LogP contribution in [0.15, 0.2) is 30.3 Å². The number of fused-ring (bicyclic) bond motifs is 1. The lowest BCUT2D eigenvalue weighted by Gasteiger charge is -2.21. The van der Waals surface area contributed by atoms with E-state index in [4.69, 9.17) is 21.1 Å². The monoisotopic (exact) mass is 487 g/mol. The molecule has 10 heteroatoms. The van der Waals surface area contributed by atoms with Gasteiger partial charge in [-0.3, -0.25) is 9.69 Å². The van der Waals surface area contributed by atoms with Gasteiger partial charge in [0.15, 0.2) is 5.13 Å². The quantitative estimate of drug-likeness (QED) is 0.440. The molecule has 0 aliphatic carbocycles. The van der Waals surface area contributed by atoms with Gasteiger partial charge in [0.2, 0.25) is 0 Å². The standard InChI is InChI=1S/C21H23ClFN3O3S.ClH/c1-25(2)10-5-11-26(20(27)14-7-6-13(23)12-15(14)22)21-24-18-16(28-3)8-9-17(29-4)19(18)30-21;/h6-9,12H,5,10-11H2,1-4H3;1H. The van der Waals surface area contributed by atoms with Gasteiger partial charge >= 0.3 is 0 Å². The predicted octanol–water partition coefficient (Wildman–Crippen LogP) is 5.13. The molecular formula is C21H24Cl2FN3O3S. The highest BCUT2D eigenvalue weighted by molar-refractivity contribution is 7.22. The summed E-state index contributed by atoms with van der Waals surface area (Å²) in [6, 6.07) is 7.34. The van der Waals surface area contributed by atoms with Gasteiger partial charge in [0.25, 0.3) is 5.91 Å². The van der Waals surface area contributed by atoms with E-state index >= 15 is 0 Å². The fourth-order valence-electron chi connectivity index (χ4n) is 3.03. The summed E-state index contributed by atoms with van der Waals surface area (Å²) < 4.78 is 25.1. The lowest BCUT2D eigenvalue weighted by molar-refractivity contribution is 0.0986. The van der Waals surface area contributed by atoms with Gasteiger partial charge in [-0.1, -0.05) is 22.9 Å². The van der Waals surface area contributed by atoms with Crippen molar-refractivity contribution >= 4 is 56.6 Å². The third-order valence-electron chi connectivity index (χ3n) is 4.52. The van der Waals surface area contributed by atoms with Crippen molar-refractivity contribution in [2.45, 2.75) is 6.42 Å². The lowest BCUT2D eigenvalue weighted by Crippen LogP contribution is -2.33. The van der Waals surface area contributed by atoms with Crippen LogP contribution in [-0.2, 0) is 0 Å². The van der Waals surface area contributed by atoms with Crippen LogP contribution in [0.4, 0.5) is 9.52 Å². The molecule has 6 nitrogen and oxygen atoms in total. The molecule has 0 unspecified atom stereocenters. The van der Waals surface area contributed by atoms with Gasteiger partial charge < -0.3 is 14.4 Å². The Balaban J connectivity index is 0.00000341. The Morgan fingerprint density at radius 1 is 1.13 bits per heavy atom. The normalized spacial score (nSPS) is 10.8. The fourth-order valence-corrected chi connectivity index (χ4v) is 4.37. The van der Waals surface area contributed by atoms with Crippen molar-refractivity contribution in [2.75, 3.05) is 46.3 Å². The van der Waals surface area contributed by atoms with Crippen LogP contribution in [0.3, 0.4) is 0 Å². The largest absolute Gasteiger partial charge is 0.495 e. The van der Waals surface area contributed by atoms with E-state index in [1.165, 1.54) is 23.5 Å². The molecule has 0 fully saturated rings. The highest BCUT2D eigenvalue weighted by Crippen LogP contribution is 2.40. The number of anilines is 1. The van der Waals surface area contributed by atoms with Crippen molar-refractivity contribution in [2.24, 2.45) is 0 Å². The van der Waals surface area contributed by atoms with Gasteiger partial charge in [-0.25, -0.2) is 9.37 Å². The summed E-state index contributed by atoms with van der Waals surface area (Å²) in [5.74, 6) is 0.407. The Labute approximate surface area is 195 Å². The Morgan fingerprint density at radius 3 is 2.42 bits per heavy atom. The molecular weight excluding hydrogens is 464 g/mol. The molecule has 0 radical (unpaired) electrons. The minimum absolute atomic E-state index is 0. The Morgan fingerprint density at radius 2 is 1.81 bits per heavy atom. The maximum atomic E-state index is 13.5. The lowest BCUT2D eigenvalue weighted by atomic mass is 10.2. The van der Waals surface area contributed by atoms with E-state index in [9.17, 15) is 9.18 Å². The molecule has 3 aromatic rings. The number of carbonyl (C=O) groups is 1. The Bertz CT molecular complexity index is 1020. The number of nitrogens with zero attached hydrogens (tertiary/aromatic N) is 3. The van der Waals surface area contributed by atoms with Gasteiger partial charge in [0.05, 0.1) is 24.8 Å². The summed E-state index contributed by atoms with van der Waals surface area (Å²) in [6.45, 7) is 1.22. The van der Waals surface area contributed by atoms with Gasteiger partial charge in [0, 0.05) is 6.54 Å². The predicted molar refractivity (Wildman–Crippen MR) is 126 cm³/mol.